The Morgan fingerprint density at radius 3 is 2.53 bits per heavy atom. The van der Waals surface area contributed by atoms with Crippen molar-refractivity contribution >= 4 is 5.91 Å². The predicted molar refractivity (Wildman–Crippen MR) is 61.4 cm³/mol. The molecule has 0 radical (unpaired) electrons. The van der Waals surface area contributed by atoms with Crippen molar-refractivity contribution in [2.24, 2.45) is 0 Å². The van der Waals surface area contributed by atoms with Crippen LogP contribution in [-0.2, 0) is 11.3 Å². The number of amides is 1. The monoisotopic (exact) mass is 274 g/mol. The third-order valence-electron chi connectivity index (χ3n) is 2.72. The normalized spacial score (nSPS) is 16.6. The number of benzene rings is 1. The Balaban J connectivity index is 1.96. The molecule has 2 rings (SSSR count). The molecule has 1 aliphatic rings. The summed E-state index contributed by atoms with van der Waals surface area (Å²) in [5.74, 6) is -0.273. The molecular weight excluding hydrogens is 261 g/mol. The second-order valence-electron chi connectivity index (χ2n) is 4.18. The average Bonchev–Trinajstić information content (AvgIpc) is 2.33. The van der Waals surface area contributed by atoms with E-state index in [2.05, 4.69) is 10.1 Å². The highest BCUT2D eigenvalue weighted by molar-refractivity contribution is 5.78. The zero-order valence-electron chi connectivity index (χ0n) is 10.0. The molecule has 4 nitrogen and oxygen atoms in total. The van der Waals surface area contributed by atoms with Gasteiger partial charge in [-0.1, -0.05) is 12.1 Å². The molecule has 0 unspecified atom stereocenters. The van der Waals surface area contributed by atoms with Gasteiger partial charge in [-0.2, -0.15) is 0 Å². The standard InChI is InChI=1S/C12H13F3N2O2/c13-12(14,15)19-10-3-1-9(2-4-10)8-17-6-5-16-7-11(17)18/h1-4,16H,5-8H2. The van der Waals surface area contributed by atoms with Gasteiger partial charge in [0.1, 0.15) is 5.75 Å². The zero-order valence-corrected chi connectivity index (χ0v) is 10.0. The van der Waals surface area contributed by atoms with E-state index in [1.807, 2.05) is 0 Å². The molecule has 7 heteroatoms. The highest BCUT2D eigenvalue weighted by atomic mass is 19.4. The Morgan fingerprint density at radius 2 is 1.95 bits per heavy atom. The first-order valence-electron chi connectivity index (χ1n) is 5.77. The van der Waals surface area contributed by atoms with Crippen molar-refractivity contribution in [3.05, 3.63) is 29.8 Å². The quantitative estimate of drug-likeness (QED) is 0.908. The lowest BCUT2D eigenvalue weighted by atomic mass is 10.2. The minimum atomic E-state index is -4.68. The summed E-state index contributed by atoms with van der Waals surface area (Å²) in [4.78, 5) is 13.2. The van der Waals surface area contributed by atoms with Crippen LogP contribution in [0.15, 0.2) is 24.3 Å². The van der Waals surface area contributed by atoms with Crippen LogP contribution in [0.25, 0.3) is 0 Å². The number of alkyl halides is 3. The van der Waals surface area contributed by atoms with Crippen LogP contribution in [-0.4, -0.2) is 36.8 Å². The van der Waals surface area contributed by atoms with Crippen LogP contribution >= 0.6 is 0 Å². The lowest BCUT2D eigenvalue weighted by Crippen LogP contribution is -2.47. The maximum Gasteiger partial charge on any atom is 0.573 e. The van der Waals surface area contributed by atoms with Gasteiger partial charge >= 0.3 is 6.36 Å². The molecule has 1 heterocycles. The number of rotatable bonds is 3. The van der Waals surface area contributed by atoms with Crippen LogP contribution < -0.4 is 10.1 Å². The van der Waals surface area contributed by atoms with E-state index < -0.39 is 6.36 Å². The number of ether oxygens (including phenoxy) is 1. The first-order chi connectivity index (χ1) is 8.94. The van der Waals surface area contributed by atoms with Gasteiger partial charge in [-0.3, -0.25) is 4.79 Å². The Bertz CT molecular complexity index is 445. The molecule has 1 aromatic rings. The molecule has 0 bridgehead atoms. The Morgan fingerprint density at radius 1 is 1.26 bits per heavy atom. The molecule has 1 aromatic carbocycles. The highest BCUT2D eigenvalue weighted by Crippen LogP contribution is 2.23. The molecule has 104 valence electrons. The highest BCUT2D eigenvalue weighted by Gasteiger charge is 2.31. The molecule has 0 atom stereocenters. The minimum absolute atomic E-state index is 0.0122. The van der Waals surface area contributed by atoms with Crippen molar-refractivity contribution in [3.63, 3.8) is 0 Å². The second-order valence-corrected chi connectivity index (χ2v) is 4.18. The summed E-state index contributed by atoms with van der Waals surface area (Å²) in [6.07, 6.45) is -4.68. The lowest BCUT2D eigenvalue weighted by Gasteiger charge is -2.27. The van der Waals surface area contributed by atoms with E-state index in [1.54, 1.807) is 4.90 Å². The first kappa shape index (κ1) is 13.7. The van der Waals surface area contributed by atoms with Gasteiger partial charge in [0.15, 0.2) is 0 Å². The number of hydrogen-bond acceptors (Lipinski definition) is 3. The van der Waals surface area contributed by atoms with Crippen molar-refractivity contribution < 1.29 is 22.7 Å². The zero-order chi connectivity index (χ0) is 13.9. The van der Waals surface area contributed by atoms with E-state index in [-0.39, 0.29) is 11.7 Å². The predicted octanol–water partition coefficient (Wildman–Crippen LogP) is 1.52. The molecular formula is C12H13F3N2O2. The van der Waals surface area contributed by atoms with Crippen molar-refractivity contribution in [1.29, 1.82) is 0 Å². The summed E-state index contributed by atoms with van der Waals surface area (Å²) in [5, 5.41) is 2.95. The van der Waals surface area contributed by atoms with Crippen LogP contribution in [0.5, 0.6) is 5.75 Å². The van der Waals surface area contributed by atoms with Gasteiger partial charge < -0.3 is 15.0 Å². The molecule has 1 saturated heterocycles. The van der Waals surface area contributed by atoms with Crippen molar-refractivity contribution in [2.45, 2.75) is 12.9 Å². The van der Waals surface area contributed by atoms with Crippen LogP contribution in [0.1, 0.15) is 5.56 Å². The Labute approximate surface area is 108 Å². The Hall–Kier alpha value is -1.76. The molecule has 0 aliphatic carbocycles. The molecule has 19 heavy (non-hydrogen) atoms. The third-order valence-corrected chi connectivity index (χ3v) is 2.72. The fraction of sp³-hybridized carbons (Fsp3) is 0.417. The van der Waals surface area contributed by atoms with Crippen molar-refractivity contribution in [2.75, 3.05) is 19.6 Å². The van der Waals surface area contributed by atoms with Gasteiger partial charge in [-0.05, 0) is 17.7 Å². The van der Waals surface area contributed by atoms with Gasteiger partial charge in [-0.25, -0.2) is 0 Å². The minimum Gasteiger partial charge on any atom is -0.406 e. The summed E-state index contributed by atoms with van der Waals surface area (Å²) in [6, 6.07) is 5.54. The van der Waals surface area contributed by atoms with Gasteiger partial charge in [-0.15, -0.1) is 13.2 Å². The molecule has 0 aromatic heterocycles. The van der Waals surface area contributed by atoms with Crippen LogP contribution in [0, 0.1) is 0 Å². The molecule has 1 aliphatic heterocycles. The van der Waals surface area contributed by atoms with E-state index in [1.165, 1.54) is 24.3 Å². The second kappa shape index (κ2) is 5.48. The average molecular weight is 274 g/mol. The molecule has 1 N–H and O–H groups in total. The van der Waals surface area contributed by atoms with Gasteiger partial charge in [0.05, 0.1) is 6.54 Å². The van der Waals surface area contributed by atoms with Crippen molar-refractivity contribution in [3.8, 4) is 5.75 Å². The molecule has 0 spiro atoms. The summed E-state index contributed by atoms with van der Waals surface area (Å²) in [7, 11) is 0. The maximum absolute atomic E-state index is 12.0. The topological polar surface area (TPSA) is 41.6 Å². The van der Waals surface area contributed by atoms with Crippen LogP contribution in [0.4, 0.5) is 13.2 Å². The Kier molecular flexibility index (Phi) is 3.94. The fourth-order valence-corrected chi connectivity index (χ4v) is 1.83. The number of nitrogens with zero attached hydrogens (tertiary/aromatic N) is 1. The van der Waals surface area contributed by atoms with Crippen molar-refractivity contribution in [1.82, 2.24) is 10.2 Å². The third kappa shape index (κ3) is 4.13. The van der Waals surface area contributed by atoms with E-state index in [4.69, 9.17) is 0 Å². The number of halogens is 3. The summed E-state index contributed by atoms with van der Waals surface area (Å²) in [6.45, 7) is 2.02. The smallest absolute Gasteiger partial charge is 0.406 e. The summed E-state index contributed by atoms with van der Waals surface area (Å²) in [5.41, 5.74) is 0.768. The summed E-state index contributed by atoms with van der Waals surface area (Å²) < 4.78 is 39.7. The number of hydrogen-bond donors (Lipinski definition) is 1. The first-order valence-corrected chi connectivity index (χ1v) is 5.77. The number of piperazine rings is 1. The van der Waals surface area contributed by atoms with Gasteiger partial charge in [0, 0.05) is 19.6 Å². The van der Waals surface area contributed by atoms with E-state index >= 15 is 0 Å². The van der Waals surface area contributed by atoms with E-state index in [0.717, 1.165) is 12.1 Å². The number of carbonyl (C=O) groups excluding carboxylic acids is 1. The van der Waals surface area contributed by atoms with Gasteiger partial charge in [0.25, 0.3) is 0 Å². The van der Waals surface area contributed by atoms with Crippen LogP contribution in [0.2, 0.25) is 0 Å². The number of nitrogens with one attached hydrogen (secondary N) is 1. The van der Waals surface area contributed by atoms with Crippen LogP contribution in [0.3, 0.4) is 0 Å². The summed E-state index contributed by atoms with van der Waals surface area (Å²) >= 11 is 0. The molecule has 1 fully saturated rings. The van der Waals surface area contributed by atoms with E-state index in [0.29, 0.717) is 19.6 Å². The lowest BCUT2D eigenvalue weighted by molar-refractivity contribution is -0.274. The number of carbonyl (C=O) groups is 1. The maximum atomic E-state index is 12.0. The molecule has 0 saturated carbocycles. The van der Waals surface area contributed by atoms with E-state index in [9.17, 15) is 18.0 Å². The molecule has 1 amide bonds. The fourth-order valence-electron chi connectivity index (χ4n) is 1.83. The SMILES string of the molecule is O=C1CNCCN1Cc1ccc(OC(F)(F)F)cc1. The van der Waals surface area contributed by atoms with Gasteiger partial charge in [0.2, 0.25) is 5.91 Å². The largest absolute Gasteiger partial charge is 0.573 e.